The number of rotatable bonds is 4. The molecule has 17 heavy (non-hydrogen) atoms. The quantitative estimate of drug-likeness (QED) is 0.616. The smallest absolute Gasteiger partial charge is 0.235 e. The fourth-order valence-corrected chi connectivity index (χ4v) is 2.23. The molecule has 0 atom stereocenters. The number of hydrogen-bond donors (Lipinski definition) is 0. The van der Waals surface area contributed by atoms with E-state index < -0.39 is 0 Å². The molecule has 0 N–H and O–H groups in total. The minimum Gasteiger partial charge on any atom is -0.244 e. The summed E-state index contributed by atoms with van der Waals surface area (Å²) in [6.45, 7) is 0.233. The standard InChI is InChI=1S/C12H9FN2OS/c13-11-4-2-1-3-9(11)5-12-15-10(7-17-12)6-14-8-16/h1-4,7H,5-6H2. The van der Waals surface area contributed by atoms with Gasteiger partial charge >= 0.3 is 0 Å². The third kappa shape index (κ3) is 3.06. The number of isocyanates is 1. The molecule has 0 aliphatic carbocycles. The largest absolute Gasteiger partial charge is 0.244 e. The van der Waals surface area contributed by atoms with E-state index in [4.69, 9.17) is 0 Å². The molecule has 0 spiro atoms. The van der Waals surface area contributed by atoms with E-state index in [0.717, 1.165) is 5.01 Å². The van der Waals surface area contributed by atoms with Crippen LogP contribution in [0.4, 0.5) is 4.39 Å². The number of benzene rings is 1. The van der Waals surface area contributed by atoms with Gasteiger partial charge in [-0.25, -0.2) is 14.2 Å². The first-order valence-electron chi connectivity index (χ1n) is 5.00. The van der Waals surface area contributed by atoms with Crippen LogP contribution >= 0.6 is 11.3 Å². The van der Waals surface area contributed by atoms with Crippen LogP contribution in [0.5, 0.6) is 0 Å². The number of hydrogen-bond acceptors (Lipinski definition) is 4. The second-order valence-corrected chi connectivity index (χ2v) is 4.35. The molecule has 0 aliphatic rings. The summed E-state index contributed by atoms with van der Waals surface area (Å²) in [7, 11) is 0. The first kappa shape index (κ1) is 11.6. The van der Waals surface area contributed by atoms with Gasteiger partial charge in [0.15, 0.2) is 0 Å². The molecule has 0 aliphatic heterocycles. The molecule has 0 bridgehead atoms. The fourth-order valence-electron chi connectivity index (χ4n) is 1.42. The van der Waals surface area contributed by atoms with Crippen LogP contribution in [0.25, 0.3) is 0 Å². The predicted molar refractivity (Wildman–Crippen MR) is 63.1 cm³/mol. The SMILES string of the molecule is O=C=NCc1csc(Cc2ccccc2F)n1. The Kier molecular flexibility index (Phi) is 3.75. The van der Waals surface area contributed by atoms with Crippen molar-refractivity contribution in [3.63, 3.8) is 0 Å². The fraction of sp³-hybridized carbons (Fsp3) is 0.167. The molecule has 2 rings (SSSR count). The minimum absolute atomic E-state index is 0.227. The zero-order chi connectivity index (χ0) is 12.1. The maximum absolute atomic E-state index is 13.4. The molecule has 86 valence electrons. The van der Waals surface area contributed by atoms with Crippen LogP contribution in [0.2, 0.25) is 0 Å². The van der Waals surface area contributed by atoms with Crippen molar-refractivity contribution < 1.29 is 9.18 Å². The van der Waals surface area contributed by atoms with Crippen LogP contribution in [-0.4, -0.2) is 11.1 Å². The molecule has 5 heteroatoms. The second kappa shape index (κ2) is 5.48. The lowest BCUT2D eigenvalue weighted by Crippen LogP contribution is -1.92. The Morgan fingerprint density at radius 2 is 2.24 bits per heavy atom. The van der Waals surface area contributed by atoms with Crippen molar-refractivity contribution in [3.8, 4) is 0 Å². The van der Waals surface area contributed by atoms with Gasteiger partial charge in [0.2, 0.25) is 6.08 Å². The monoisotopic (exact) mass is 248 g/mol. The summed E-state index contributed by atoms with van der Waals surface area (Å²) in [4.78, 5) is 17.7. The van der Waals surface area contributed by atoms with E-state index >= 15 is 0 Å². The van der Waals surface area contributed by atoms with Crippen LogP contribution in [0, 0.1) is 5.82 Å². The first-order chi connectivity index (χ1) is 8.29. The van der Waals surface area contributed by atoms with Gasteiger partial charge in [-0.05, 0) is 11.6 Å². The number of halogens is 1. The summed E-state index contributed by atoms with van der Waals surface area (Å²) in [6, 6.07) is 6.62. The van der Waals surface area contributed by atoms with E-state index in [0.29, 0.717) is 17.7 Å². The maximum atomic E-state index is 13.4. The van der Waals surface area contributed by atoms with Gasteiger partial charge < -0.3 is 0 Å². The van der Waals surface area contributed by atoms with Gasteiger partial charge in [0, 0.05) is 11.8 Å². The van der Waals surface area contributed by atoms with Crippen molar-refractivity contribution in [1.29, 1.82) is 0 Å². The van der Waals surface area contributed by atoms with Crippen molar-refractivity contribution in [2.45, 2.75) is 13.0 Å². The van der Waals surface area contributed by atoms with Gasteiger partial charge in [0.1, 0.15) is 5.82 Å². The van der Waals surface area contributed by atoms with Gasteiger partial charge in [0.25, 0.3) is 0 Å². The Morgan fingerprint density at radius 3 is 3.00 bits per heavy atom. The summed E-state index contributed by atoms with van der Waals surface area (Å²) in [5.41, 5.74) is 1.33. The second-order valence-electron chi connectivity index (χ2n) is 3.41. The van der Waals surface area contributed by atoms with Crippen molar-refractivity contribution >= 4 is 17.4 Å². The Balaban J connectivity index is 2.11. The molecule has 0 saturated heterocycles. The van der Waals surface area contributed by atoms with E-state index in [1.54, 1.807) is 18.2 Å². The average molecular weight is 248 g/mol. The van der Waals surface area contributed by atoms with Crippen molar-refractivity contribution in [2.75, 3.05) is 0 Å². The molecule has 0 fully saturated rings. The molecule has 0 unspecified atom stereocenters. The van der Waals surface area contributed by atoms with E-state index in [1.807, 2.05) is 5.38 Å². The van der Waals surface area contributed by atoms with Crippen LogP contribution < -0.4 is 0 Å². The highest BCUT2D eigenvalue weighted by Crippen LogP contribution is 2.17. The van der Waals surface area contributed by atoms with Crippen LogP contribution in [0.3, 0.4) is 0 Å². The Labute approximate surface area is 102 Å². The normalized spacial score (nSPS) is 9.94. The van der Waals surface area contributed by atoms with Gasteiger partial charge in [-0.15, -0.1) is 11.3 Å². The van der Waals surface area contributed by atoms with Crippen LogP contribution in [-0.2, 0) is 17.8 Å². The van der Waals surface area contributed by atoms with E-state index in [2.05, 4.69) is 9.98 Å². The third-order valence-electron chi connectivity index (χ3n) is 2.20. The Morgan fingerprint density at radius 1 is 1.41 bits per heavy atom. The van der Waals surface area contributed by atoms with Gasteiger partial charge in [-0.3, -0.25) is 0 Å². The molecule has 1 aromatic heterocycles. The third-order valence-corrected chi connectivity index (χ3v) is 3.10. The summed E-state index contributed by atoms with van der Waals surface area (Å²) in [6.07, 6.45) is 1.92. The first-order valence-corrected chi connectivity index (χ1v) is 5.88. The lowest BCUT2D eigenvalue weighted by atomic mass is 10.1. The van der Waals surface area contributed by atoms with Crippen molar-refractivity contribution in [1.82, 2.24) is 4.98 Å². The van der Waals surface area contributed by atoms with Gasteiger partial charge in [-0.1, -0.05) is 18.2 Å². The summed E-state index contributed by atoms with van der Waals surface area (Å²) < 4.78 is 13.4. The zero-order valence-corrected chi connectivity index (χ0v) is 9.71. The molecule has 2 aromatic rings. The molecule has 1 heterocycles. The Hall–Kier alpha value is -1.84. The lowest BCUT2D eigenvalue weighted by molar-refractivity contribution is 0.562. The van der Waals surface area contributed by atoms with E-state index in [1.165, 1.54) is 23.5 Å². The number of aromatic nitrogens is 1. The average Bonchev–Trinajstić information content (AvgIpc) is 2.77. The summed E-state index contributed by atoms with van der Waals surface area (Å²) >= 11 is 1.44. The lowest BCUT2D eigenvalue weighted by Gasteiger charge is -1.98. The summed E-state index contributed by atoms with van der Waals surface area (Å²) in [5, 5.41) is 2.63. The number of nitrogens with zero attached hydrogens (tertiary/aromatic N) is 2. The maximum Gasteiger partial charge on any atom is 0.235 e. The molecule has 0 amide bonds. The topological polar surface area (TPSA) is 42.3 Å². The highest BCUT2D eigenvalue weighted by Gasteiger charge is 2.06. The molecule has 0 radical (unpaired) electrons. The molecular weight excluding hydrogens is 239 g/mol. The number of carbonyl (C=O) groups excluding carboxylic acids is 1. The summed E-state index contributed by atoms with van der Waals surface area (Å²) in [5.74, 6) is -0.227. The molecule has 1 aromatic carbocycles. The molecule has 0 saturated carbocycles. The van der Waals surface area contributed by atoms with Gasteiger partial charge in [-0.2, -0.15) is 4.99 Å². The highest BCUT2D eigenvalue weighted by atomic mass is 32.1. The van der Waals surface area contributed by atoms with Crippen molar-refractivity contribution in [2.24, 2.45) is 4.99 Å². The zero-order valence-electron chi connectivity index (χ0n) is 8.89. The predicted octanol–water partition coefficient (Wildman–Crippen LogP) is 2.71. The van der Waals surface area contributed by atoms with Crippen LogP contribution in [0.1, 0.15) is 16.3 Å². The van der Waals surface area contributed by atoms with Crippen LogP contribution in [0.15, 0.2) is 34.6 Å². The molecular formula is C12H9FN2OS. The van der Waals surface area contributed by atoms with Crippen molar-refractivity contribution in [3.05, 3.63) is 51.7 Å². The highest BCUT2D eigenvalue weighted by molar-refractivity contribution is 7.09. The van der Waals surface area contributed by atoms with E-state index in [-0.39, 0.29) is 12.4 Å². The van der Waals surface area contributed by atoms with E-state index in [9.17, 15) is 9.18 Å². The molecule has 3 nitrogen and oxygen atoms in total. The minimum atomic E-state index is -0.227. The Bertz CT molecular complexity index is 561. The van der Waals surface area contributed by atoms with Gasteiger partial charge in [0.05, 0.1) is 17.2 Å². The number of aliphatic imine (C=N–C) groups is 1. The number of thiazole rings is 1.